The third kappa shape index (κ3) is 3.11. The molecule has 0 saturated carbocycles. The van der Waals surface area contributed by atoms with E-state index in [9.17, 15) is 4.39 Å². The minimum atomic E-state index is -0.387. The molecule has 0 heterocycles. The lowest BCUT2D eigenvalue weighted by molar-refractivity contribution is 0.340. The normalized spacial score (nSPS) is 12.2. The predicted octanol–water partition coefficient (Wildman–Crippen LogP) is 4.19. The number of hydrogen-bond acceptors (Lipinski definition) is 2. The summed E-state index contributed by atoms with van der Waals surface area (Å²) in [4.78, 5) is 0. The molecule has 0 aliphatic rings. The van der Waals surface area contributed by atoms with Crippen LogP contribution in [0.15, 0.2) is 42.5 Å². The van der Waals surface area contributed by atoms with Gasteiger partial charge in [-0.05, 0) is 37.7 Å². The summed E-state index contributed by atoms with van der Waals surface area (Å²) in [7, 11) is 1.79. The van der Waals surface area contributed by atoms with Crippen molar-refractivity contribution >= 4 is 11.6 Å². The second kappa shape index (κ2) is 6.73. The van der Waals surface area contributed by atoms with Crippen LogP contribution in [-0.2, 0) is 0 Å². The van der Waals surface area contributed by atoms with E-state index in [2.05, 4.69) is 5.32 Å². The zero-order chi connectivity index (χ0) is 14.5. The molecule has 0 bridgehead atoms. The number of hydrogen-bond donors (Lipinski definition) is 1. The number of ether oxygens (including phenoxy) is 1. The van der Waals surface area contributed by atoms with Crippen molar-refractivity contribution in [1.29, 1.82) is 0 Å². The van der Waals surface area contributed by atoms with E-state index in [1.165, 1.54) is 0 Å². The Hall–Kier alpha value is -1.58. The molecule has 1 atom stereocenters. The summed E-state index contributed by atoms with van der Waals surface area (Å²) in [5, 5.41) is 3.25. The molecule has 1 N–H and O–H groups in total. The van der Waals surface area contributed by atoms with Gasteiger partial charge in [-0.15, -0.1) is 0 Å². The molecular formula is C16H17ClFNO. The van der Waals surface area contributed by atoms with Crippen LogP contribution in [0.3, 0.4) is 0 Å². The molecule has 0 fully saturated rings. The molecule has 0 aliphatic heterocycles. The van der Waals surface area contributed by atoms with E-state index in [0.717, 1.165) is 11.3 Å². The van der Waals surface area contributed by atoms with Crippen LogP contribution in [0, 0.1) is 5.82 Å². The fourth-order valence-corrected chi connectivity index (χ4v) is 2.35. The first kappa shape index (κ1) is 14.8. The molecule has 0 aromatic heterocycles. The Bertz CT molecular complexity index is 571. The van der Waals surface area contributed by atoms with Crippen LogP contribution in [0.5, 0.6) is 5.75 Å². The predicted molar refractivity (Wildman–Crippen MR) is 79.9 cm³/mol. The molecule has 0 amide bonds. The van der Waals surface area contributed by atoms with E-state index in [1.807, 2.05) is 31.2 Å². The molecule has 106 valence electrons. The molecule has 2 rings (SSSR count). The Kier molecular flexibility index (Phi) is 4.99. The summed E-state index contributed by atoms with van der Waals surface area (Å²) in [5.41, 5.74) is 1.49. The fraction of sp³-hybridized carbons (Fsp3) is 0.250. The van der Waals surface area contributed by atoms with E-state index < -0.39 is 0 Å². The lowest BCUT2D eigenvalue weighted by atomic mass is 9.98. The van der Waals surface area contributed by atoms with Crippen molar-refractivity contribution in [3.8, 4) is 5.75 Å². The van der Waals surface area contributed by atoms with E-state index in [-0.39, 0.29) is 16.9 Å². The zero-order valence-electron chi connectivity index (χ0n) is 11.5. The number of nitrogens with one attached hydrogen (secondary N) is 1. The number of halogens is 2. The van der Waals surface area contributed by atoms with Gasteiger partial charge in [-0.3, -0.25) is 0 Å². The third-order valence-electron chi connectivity index (χ3n) is 3.11. The maximum Gasteiger partial charge on any atom is 0.146 e. The SMILES string of the molecule is CCOc1ccc(C(NC)c2cccc(Cl)c2F)cc1. The van der Waals surface area contributed by atoms with Gasteiger partial charge in [0.25, 0.3) is 0 Å². The topological polar surface area (TPSA) is 21.3 Å². The van der Waals surface area contributed by atoms with Crippen LogP contribution in [0.25, 0.3) is 0 Å². The van der Waals surface area contributed by atoms with Crippen molar-refractivity contribution in [2.45, 2.75) is 13.0 Å². The number of benzene rings is 2. The highest BCUT2D eigenvalue weighted by atomic mass is 35.5. The molecule has 2 aromatic rings. The first-order valence-corrected chi connectivity index (χ1v) is 6.89. The Morgan fingerprint density at radius 3 is 2.50 bits per heavy atom. The summed E-state index contributed by atoms with van der Waals surface area (Å²) in [6.45, 7) is 2.56. The molecule has 4 heteroatoms. The molecule has 0 radical (unpaired) electrons. The minimum Gasteiger partial charge on any atom is -0.494 e. The van der Waals surface area contributed by atoms with Crippen molar-refractivity contribution in [1.82, 2.24) is 5.32 Å². The van der Waals surface area contributed by atoms with Gasteiger partial charge in [-0.2, -0.15) is 0 Å². The lowest BCUT2D eigenvalue weighted by Crippen LogP contribution is -2.19. The van der Waals surface area contributed by atoms with Gasteiger partial charge in [0.05, 0.1) is 17.7 Å². The molecule has 1 unspecified atom stereocenters. The average molecular weight is 294 g/mol. The first-order chi connectivity index (χ1) is 9.67. The van der Waals surface area contributed by atoms with Crippen LogP contribution < -0.4 is 10.1 Å². The summed E-state index contributed by atoms with van der Waals surface area (Å²) < 4.78 is 19.5. The van der Waals surface area contributed by atoms with E-state index in [0.29, 0.717) is 12.2 Å². The van der Waals surface area contributed by atoms with Gasteiger partial charge < -0.3 is 10.1 Å². The maximum absolute atomic E-state index is 14.1. The fourth-order valence-electron chi connectivity index (χ4n) is 2.17. The molecule has 20 heavy (non-hydrogen) atoms. The van der Waals surface area contributed by atoms with Crippen LogP contribution in [0.2, 0.25) is 5.02 Å². The van der Waals surface area contributed by atoms with Crippen molar-refractivity contribution in [3.63, 3.8) is 0 Å². The summed E-state index contributed by atoms with van der Waals surface area (Å²) in [6, 6.07) is 12.4. The Morgan fingerprint density at radius 1 is 1.20 bits per heavy atom. The average Bonchev–Trinajstić information content (AvgIpc) is 2.46. The first-order valence-electron chi connectivity index (χ1n) is 6.51. The van der Waals surface area contributed by atoms with Gasteiger partial charge in [0, 0.05) is 5.56 Å². The highest BCUT2D eigenvalue weighted by Gasteiger charge is 2.17. The molecule has 0 spiro atoms. The Labute approximate surface area is 123 Å². The van der Waals surface area contributed by atoms with Crippen LogP contribution in [0.4, 0.5) is 4.39 Å². The summed E-state index contributed by atoms with van der Waals surface area (Å²) >= 11 is 5.85. The van der Waals surface area contributed by atoms with Crippen molar-refractivity contribution in [2.24, 2.45) is 0 Å². The number of rotatable bonds is 5. The van der Waals surface area contributed by atoms with Gasteiger partial charge in [-0.1, -0.05) is 35.9 Å². The van der Waals surface area contributed by atoms with Crippen molar-refractivity contribution in [2.75, 3.05) is 13.7 Å². The standard InChI is InChI=1S/C16H17ClFNO/c1-3-20-12-9-7-11(8-10-12)16(19-2)13-5-4-6-14(17)15(13)18/h4-10,16,19H,3H2,1-2H3. The van der Waals surface area contributed by atoms with Crippen LogP contribution in [0.1, 0.15) is 24.1 Å². The molecular weight excluding hydrogens is 277 g/mol. The molecule has 2 aromatic carbocycles. The largest absolute Gasteiger partial charge is 0.494 e. The highest BCUT2D eigenvalue weighted by Crippen LogP contribution is 2.28. The van der Waals surface area contributed by atoms with E-state index >= 15 is 0 Å². The highest BCUT2D eigenvalue weighted by molar-refractivity contribution is 6.30. The second-order valence-electron chi connectivity index (χ2n) is 4.37. The van der Waals surface area contributed by atoms with Gasteiger partial charge in [-0.25, -0.2) is 4.39 Å². The zero-order valence-corrected chi connectivity index (χ0v) is 12.2. The van der Waals surface area contributed by atoms with Crippen molar-refractivity contribution < 1.29 is 9.13 Å². The van der Waals surface area contributed by atoms with Gasteiger partial charge >= 0.3 is 0 Å². The Morgan fingerprint density at radius 2 is 1.90 bits per heavy atom. The minimum absolute atomic E-state index is 0.133. The van der Waals surface area contributed by atoms with Gasteiger partial charge in [0.15, 0.2) is 0 Å². The lowest BCUT2D eigenvalue weighted by Gasteiger charge is -2.18. The van der Waals surface area contributed by atoms with Crippen LogP contribution >= 0.6 is 11.6 Å². The van der Waals surface area contributed by atoms with Crippen molar-refractivity contribution in [3.05, 3.63) is 64.4 Å². The van der Waals surface area contributed by atoms with Crippen LogP contribution in [-0.4, -0.2) is 13.7 Å². The quantitative estimate of drug-likeness (QED) is 0.892. The molecule has 0 aliphatic carbocycles. The van der Waals surface area contributed by atoms with Gasteiger partial charge in [0.1, 0.15) is 11.6 Å². The second-order valence-corrected chi connectivity index (χ2v) is 4.77. The maximum atomic E-state index is 14.1. The van der Waals surface area contributed by atoms with E-state index in [1.54, 1.807) is 25.2 Å². The molecule has 2 nitrogen and oxygen atoms in total. The Balaban J connectivity index is 2.34. The monoisotopic (exact) mass is 293 g/mol. The third-order valence-corrected chi connectivity index (χ3v) is 3.40. The van der Waals surface area contributed by atoms with E-state index in [4.69, 9.17) is 16.3 Å². The van der Waals surface area contributed by atoms with Gasteiger partial charge in [0.2, 0.25) is 0 Å². The smallest absolute Gasteiger partial charge is 0.146 e. The summed E-state index contributed by atoms with van der Waals surface area (Å²) in [5.74, 6) is 0.417. The summed E-state index contributed by atoms with van der Waals surface area (Å²) in [6.07, 6.45) is 0. The molecule has 0 saturated heterocycles.